The Morgan fingerprint density at radius 3 is 2.48 bits per heavy atom. The maximum Gasteiger partial charge on any atom is 0.243 e. The van der Waals surface area contributed by atoms with Crippen LogP contribution in [0.25, 0.3) is 11.5 Å². The van der Waals surface area contributed by atoms with Gasteiger partial charge < -0.3 is 4.57 Å². The summed E-state index contributed by atoms with van der Waals surface area (Å²) in [5.41, 5.74) is 3.77. The highest BCUT2D eigenvalue weighted by atomic mass is 32.2. The van der Waals surface area contributed by atoms with Crippen LogP contribution in [0, 0.1) is 0 Å². The molecule has 1 aliphatic rings. The number of benzene rings is 1. The van der Waals surface area contributed by atoms with Crippen LogP contribution in [0.3, 0.4) is 0 Å². The zero-order valence-corrected chi connectivity index (χ0v) is 20.2. The van der Waals surface area contributed by atoms with E-state index < -0.39 is 10.0 Å². The maximum atomic E-state index is 13.4. The molecule has 1 aliphatic heterocycles. The van der Waals surface area contributed by atoms with Gasteiger partial charge >= 0.3 is 0 Å². The van der Waals surface area contributed by atoms with Gasteiger partial charge in [-0.2, -0.15) is 9.40 Å². The molecule has 3 heterocycles. The summed E-state index contributed by atoms with van der Waals surface area (Å²) < 4.78 is 32.0. The van der Waals surface area contributed by atoms with Gasteiger partial charge in [0.05, 0.1) is 4.90 Å². The Labute approximate surface area is 187 Å². The number of nitrogens with zero attached hydrogens (tertiary/aromatic N) is 6. The van der Waals surface area contributed by atoms with E-state index in [1.807, 2.05) is 35.5 Å². The summed E-state index contributed by atoms with van der Waals surface area (Å²) in [5, 5.41) is 14.1. The van der Waals surface area contributed by atoms with Crippen LogP contribution in [-0.2, 0) is 37.1 Å². The zero-order chi connectivity index (χ0) is 22.3. The van der Waals surface area contributed by atoms with E-state index in [1.165, 1.54) is 0 Å². The van der Waals surface area contributed by atoms with Crippen LogP contribution in [0.15, 0.2) is 34.3 Å². The number of thioether (sulfide) groups is 1. The molecule has 10 heteroatoms. The van der Waals surface area contributed by atoms with Crippen LogP contribution in [0.5, 0.6) is 0 Å². The van der Waals surface area contributed by atoms with Gasteiger partial charge in [-0.05, 0) is 29.4 Å². The molecule has 0 amide bonds. The number of rotatable bonds is 6. The predicted molar refractivity (Wildman–Crippen MR) is 121 cm³/mol. The lowest BCUT2D eigenvalue weighted by molar-refractivity contribution is 0.386. The highest BCUT2D eigenvalue weighted by Crippen LogP contribution is 2.32. The van der Waals surface area contributed by atoms with Crippen molar-refractivity contribution in [3.05, 3.63) is 41.1 Å². The first-order valence-electron chi connectivity index (χ1n) is 10.4. The van der Waals surface area contributed by atoms with Crippen LogP contribution in [-0.4, -0.2) is 49.6 Å². The first-order valence-corrected chi connectivity index (χ1v) is 12.8. The molecule has 0 saturated heterocycles. The number of sulfonamides is 1. The highest BCUT2D eigenvalue weighted by molar-refractivity contribution is 7.99. The van der Waals surface area contributed by atoms with Gasteiger partial charge in [0.2, 0.25) is 10.0 Å². The van der Waals surface area contributed by atoms with Gasteiger partial charge in [-0.15, -0.1) is 10.2 Å². The van der Waals surface area contributed by atoms with Crippen molar-refractivity contribution in [2.75, 3.05) is 12.3 Å². The van der Waals surface area contributed by atoms with E-state index in [1.54, 1.807) is 28.2 Å². The average Bonchev–Trinajstić information content (AvgIpc) is 3.27. The first-order chi connectivity index (χ1) is 14.7. The molecule has 0 spiro atoms. The molecule has 0 fully saturated rings. The van der Waals surface area contributed by atoms with Gasteiger partial charge in [0.1, 0.15) is 5.69 Å². The molecule has 0 aliphatic carbocycles. The second kappa shape index (κ2) is 8.40. The first kappa shape index (κ1) is 22.0. The van der Waals surface area contributed by atoms with E-state index in [9.17, 15) is 8.42 Å². The van der Waals surface area contributed by atoms with E-state index >= 15 is 0 Å². The van der Waals surface area contributed by atoms with Gasteiger partial charge in [-0.25, -0.2) is 8.42 Å². The Morgan fingerprint density at radius 1 is 1.13 bits per heavy atom. The molecule has 8 nitrogen and oxygen atoms in total. The molecule has 166 valence electrons. The SMILES string of the molecule is CCSc1nnc(-c2nn(C)c3c2CN(S(=O)(=O)c2ccc(C(C)C)cc2)CC3)n1C. The van der Waals surface area contributed by atoms with Crippen molar-refractivity contribution in [3.63, 3.8) is 0 Å². The number of hydrogen-bond acceptors (Lipinski definition) is 6. The molecule has 0 radical (unpaired) electrons. The standard InChI is InChI=1S/C21H28N6O2S2/c1-6-30-21-23-22-20(25(21)4)19-17-13-27(12-11-18(17)26(5)24-19)31(28,29)16-9-7-15(8-10-16)14(2)3/h7-10,14H,6,11-13H2,1-5H3. The molecular formula is C21H28N6O2S2. The topological polar surface area (TPSA) is 85.9 Å². The van der Waals surface area contributed by atoms with Crippen LogP contribution >= 0.6 is 11.8 Å². The van der Waals surface area contributed by atoms with Crippen molar-refractivity contribution in [3.8, 4) is 11.5 Å². The summed E-state index contributed by atoms with van der Waals surface area (Å²) in [6, 6.07) is 7.21. The van der Waals surface area contributed by atoms with Crippen molar-refractivity contribution in [1.29, 1.82) is 0 Å². The molecule has 0 unspecified atom stereocenters. The monoisotopic (exact) mass is 460 g/mol. The Hall–Kier alpha value is -2.17. The van der Waals surface area contributed by atoms with Crippen molar-refractivity contribution < 1.29 is 8.42 Å². The quantitative estimate of drug-likeness (QED) is 0.525. The molecule has 3 aromatic rings. The Kier molecular flexibility index (Phi) is 5.97. The fourth-order valence-electron chi connectivity index (χ4n) is 3.90. The average molecular weight is 461 g/mol. The third-order valence-corrected chi connectivity index (χ3v) is 8.47. The minimum absolute atomic E-state index is 0.274. The summed E-state index contributed by atoms with van der Waals surface area (Å²) in [7, 11) is 0.216. The fourth-order valence-corrected chi connectivity index (χ4v) is 5.95. The summed E-state index contributed by atoms with van der Waals surface area (Å²) in [5.74, 6) is 1.91. The lowest BCUT2D eigenvalue weighted by Gasteiger charge is -2.27. The van der Waals surface area contributed by atoms with Crippen LogP contribution < -0.4 is 0 Å². The van der Waals surface area contributed by atoms with Gasteiger partial charge in [0, 0.05) is 44.9 Å². The summed E-state index contributed by atoms with van der Waals surface area (Å²) in [6.45, 7) is 6.96. The lowest BCUT2D eigenvalue weighted by atomic mass is 10.0. The summed E-state index contributed by atoms with van der Waals surface area (Å²) in [6.07, 6.45) is 0.608. The minimum Gasteiger partial charge on any atom is -0.304 e. The van der Waals surface area contributed by atoms with E-state index in [2.05, 4.69) is 36.1 Å². The Morgan fingerprint density at radius 2 is 1.84 bits per heavy atom. The van der Waals surface area contributed by atoms with E-state index in [0.717, 1.165) is 27.7 Å². The number of fused-ring (bicyclic) bond motifs is 1. The summed E-state index contributed by atoms with van der Waals surface area (Å²) >= 11 is 1.62. The smallest absolute Gasteiger partial charge is 0.243 e. The molecule has 31 heavy (non-hydrogen) atoms. The zero-order valence-electron chi connectivity index (χ0n) is 18.5. The maximum absolute atomic E-state index is 13.4. The van der Waals surface area contributed by atoms with E-state index in [0.29, 0.717) is 35.3 Å². The van der Waals surface area contributed by atoms with Crippen LogP contribution in [0.2, 0.25) is 0 Å². The number of aromatic nitrogens is 5. The normalized spacial score (nSPS) is 14.9. The number of hydrogen-bond donors (Lipinski definition) is 0. The van der Waals surface area contributed by atoms with Gasteiger partial charge in [-0.3, -0.25) is 4.68 Å². The van der Waals surface area contributed by atoms with Crippen molar-refractivity contribution in [2.24, 2.45) is 14.1 Å². The molecule has 2 aromatic heterocycles. The predicted octanol–water partition coefficient (Wildman–Crippen LogP) is 3.20. The van der Waals surface area contributed by atoms with Crippen LogP contribution in [0.4, 0.5) is 0 Å². The third-order valence-electron chi connectivity index (χ3n) is 5.71. The van der Waals surface area contributed by atoms with Gasteiger partial charge in [0.15, 0.2) is 11.0 Å². The van der Waals surface area contributed by atoms with Gasteiger partial charge in [-0.1, -0.05) is 44.7 Å². The molecule has 4 rings (SSSR count). The molecular weight excluding hydrogens is 432 g/mol. The van der Waals surface area contributed by atoms with Gasteiger partial charge in [0.25, 0.3) is 0 Å². The number of aryl methyl sites for hydroxylation is 1. The molecule has 0 N–H and O–H groups in total. The van der Waals surface area contributed by atoms with Crippen LogP contribution in [0.1, 0.15) is 43.5 Å². The van der Waals surface area contributed by atoms with E-state index in [4.69, 9.17) is 0 Å². The molecule has 0 saturated carbocycles. The molecule has 0 atom stereocenters. The molecule has 0 bridgehead atoms. The fraction of sp³-hybridized carbons (Fsp3) is 0.476. The second-order valence-electron chi connectivity index (χ2n) is 8.01. The third kappa shape index (κ3) is 3.92. The van der Waals surface area contributed by atoms with Crippen molar-refractivity contribution >= 4 is 21.8 Å². The highest BCUT2D eigenvalue weighted by Gasteiger charge is 2.33. The Balaban J connectivity index is 1.68. The van der Waals surface area contributed by atoms with Crippen molar-refractivity contribution in [1.82, 2.24) is 28.9 Å². The van der Waals surface area contributed by atoms with Crippen molar-refractivity contribution in [2.45, 2.75) is 49.7 Å². The minimum atomic E-state index is -3.60. The Bertz CT molecular complexity index is 1200. The largest absolute Gasteiger partial charge is 0.304 e. The molecule has 1 aromatic carbocycles. The van der Waals surface area contributed by atoms with E-state index in [-0.39, 0.29) is 6.54 Å². The lowest BCUT2D eigenvalue weighted by Crippen LogP contribution is -2.36. The second-order valence-corrected chi connectivity index (χ2v) is 11.2. The summed E-state index contributed by atoms with van der Waals surface area (Å²) in [4.78, 5) is 0.325.